The Morgan fingerprint density at radius 2 is 1.72 bits per heavy atom. The van der Waals surface area contributed by atoms with Crippen LogP contribution in [0.4, 0.5) is 0 Å². The average molecular weight is 558 g/mol. The van der Waals surface area contributed by atoms with E-state index in [1.165, 1.54) is 17.5 Å². The Morgan fingerprint density at radius 3 is 2.48 bits per heavy atom. The van der Waals surface area contributed by atoms with E-state index >= 15 is 0 Å². The molecule has 0 N–H and O–H groups in total. The van der Waals surface area contributed by atoms with E-state index in [1.807, 2.05) is 22.8 Å². The van der Waals surface area contributed by atoms with Crippen molar-refractivity contribution in [3.05, 3.63) is 84.5 Å². The van der Waals surface area contributed by atoms with Crippen molar-refractivity contribution >= 4 is 11.1 Å². The summed E-state index contributed by atoms with van der Waals surface area (Å²) in [6, 6.07) is 21.7. The minimum Gasteiger partial charge on any atom is -0.490 e. The van der Waals surface area contributed by atoms with Crippen molar-refractivity contribution in [3.8, 4) is 28.2 Å². The third-order valence-corrected chi connectivity index (χ3v) is 4.90. The molecule has 0 saturated heterocycles. The zero-order valence-corrected chi connectivity index (χ0v) is 18.3. The fraction of sp³-hybridized carbons (Fsp3) is 0.0870. The number of fused-ring (bicyclic) bond motifs is 1. The molecule has 6 heteroatoms. The molecule has 5 aromatic rings. The van der Waals surface area contributed by atoms with E-state index in [-0.39, 0.29) is 20.1 Å². The summed E-state index contributed by atoms with van der Waals surface area (Å²) in [7, 11) is 0. The first kappa shape index (κ1) is 19.2. The van der Waals surface area contributed by atoms with Gasteiger partial charge in [0.15, 0.2) is 6.39 Å². The molecule has 0 aliphatic heterocycles. The number of oxazole rings is 1. The summed E-state index contributed by atoms with van der Waals surface area (Å²) in [6.45, 7) is 4.22. The fourth-order valence-corrected chi connectivity index (χ4v) is 3.70. The van der Waals surface area contributed by atoms with Gasteiger partial charge in [0.25, 0.3) is 0 Å². The van der Waals surface area contributed by atoms with Crippen LogP contribution in [0.3, 0.4) is 0 Å². The van der Waals surface area contributed by atoms with E-state index in [0.717, 1.165) is 27.9 Å². The number of nitrogens with zero attached hydrogens (tertiary/aromatic N) is 4. The first-order valence-corrected chi connectivity index (χ1v) is 9.03. The average Bonchev–Trinajstić information content (AvgIpc) is 3.37. The first-order valence-electron chi connectivity index (χ1n) is 9.03. The van der Waals surface area contributed by atoms with Gasteiger partial charge in [-0.25, -0.2) is 4.98 Å². The second kappa shape index (κ2) is 7.74. The predicted octanol–water partition coefficient (Wildman–Crippen LogP) is 5.16. The van der Waals surface area contributed by atoms with Crippen LogP contribution in [0.5, 0.6) is 0 Å². The number of aromatic nitrogens is 4. The number of rotatable bonds is 3. The number of aryl methyl sites for hydroxylation is 2. The summed E-state index contributed by atoms with van der Waals surface area (Å²) < 4.78 is 7.57. The van der Waals surface area contributed by atoms with Gasteiger partial charge in [0.1, 0.15) is 6.33 Å². The van der Waals surface area contributed by atoms with Crippen molar-refractivity contribution < 1.29 is 24.5 Å². The molecular weight excluding hydrogens is 540 g/mol. The molecule has 0 unspecified atom stereocenters. The molecule has 0 atom stereocenters. The Balaban J connectivity index is 0.00000205. The van der Waals surface area contributed by atoms with Gasteiger partial charge in [0.05, 0.1) is 11.4 Å². The van der Waals surface area contributed by atoms with E-state index < -0.39 is 0 Å². The van der Waals surface area contributed by atoms with Gasteiger partial charge >= 0.3 is 0 Å². The minimum atomic E-state index is 0. The van der Waals surface area contributed by atoms with Gasteiger partial charge in [0.2, 0.25) is 0 Å². The quantitative estimate of drug-likeness (QED) is 0.288. The largest absolute Gasteiger partial charge is 0.490 e. The molecule has 2 heterocycles. The molecule has 29 heavy (non-hydrogen) atoms. The molecule has 0 aliphatic rings. The summed E-state index contributed by atoms with van der Waals surface area (Å²) >= 11 is 0. The Hall–Kier alpha value is -3.08. The van der Waals surface area contributed by atoms with E-state index in [2.05, 4.69) is 71.5 Å². The minimum absolute atomic E-state index is 0. The maximum Gasteiger partial charge on any atom is 0.169 e. The molecule has 145 valence electrons. The van der Waals surface area contributed by atoms with Crippen LogP contribution in [0.1, 0.15) is 11.1 Å². The number of benzene rings is 3. The van der Waals surface area contributed by atoms with Gasteiger partial charge in [-0.15, -0.1) is 23.3 Å². The second-order valence-electron chi connectivity index (χ2n) is 6.77. The molecule has 1 radical (unpaired) electrons. The molecular formula is C23H17IrN4O-. The van der Waals surface area contributed by atoms with E-state index in [1.54, 1.807) is 6.33 Å². The zero-order valence-electron chi connectivity index (χ0n) is 15.9. The van der Waals surface area contributed by atoms with Gasteiger partial charge in [-0.2, -0.15) is 5.10 Å². The van der Waals surface area contributed by atoms with Crippen molar-refractivity contribution in [2.45, 2.75) is 13.8 Å². The van der Waals surface area contributed by atoms with Crippen LogP contribution in [0.15, 0.2) is 71.7 Å². The topological polar surface area (TPSA) is 56.7 Å². The molecule has 3 aromatic carbocycles. The summed E-state index contributed by atoms with van der Waals surface area (Å²) in [5.74, 6) is 0.681. The van der Waals surface area contributed by atoms with Crippen molar-refractivity contribution in [2.24, 2.45) is 0 Å². The Kier molecular flexibility index (Phi) is 5.14. The van der Waals surface area contributed by atoms with Crippen molar-refractivity contribution in [1.29, 1.82) is 0 Å². The third kappa shape index (κ3) is 3.31. The van der Waals surface area contributed by atoms with Crippen molar-refractivity contribution in [2.75, 3.05) is 0 Å². The van der Waals surface area contributed by atoms with Crippen molar-refractivity contribution in [1.82, 2.24) is 19.7 Å². The number of hydrogen-bond donors (Lipinski definition) is 0. The van der Waals surface area contributed by atoms with Gasteiger partial charge in [-0.1, -0.05) is 35.9 Å². The zero-order chi connectivity index (χ0) is 19.1. The normalized spacial score (nSPS) is 10.8. The second-order valence-corrected chi connectivity index (χ2v) is 6.77. The maximum atomic E-state index is 5.58. The molecule has 5 rings (SSSR count). The third-order valence-electron chi connectivity index (χ3n) is 4.90. The molecule has 2 aromatic heterocycles. The van der Waals surface area contributed by atoms with Gasteiger partial charge in [-0.05, 0) is 48.2 Å². The standard InChI is InChI=1S/C23H17N4O.Ir/c1-15-11-18(17-7-4-3-5-8-17)12-16(2)21(15)27-13-25-26-23(27)19-9-6-10-20-22(19)28-14-24-20;/h3-8,10-14H,1-2H3;/q-1;. The molecule has 0 amide bonds. The smallest absolute Gasteiger partial charge is 0.169 e. The number of hydrogen-bond acceptors (Lipinski definition) is 4. The first-order chi connectivity index (χ1) is 13.7. The van der Waals surface area contributed by atoms with E-state index in [4.69, 9.17) is 4.42 Å². The Bertz CT molecular complexity index is 1270. The van der Waals surface area contributed by atoms with E-state index in [9.17, 15) is 0 Å². The molecule has 0 saturated carbocycles. The Morgan fingerprint density at radius 1 is 0.966 bits per heavy atom. The fourth-order valence-electron chi connectivity index (χ4n) is 3.70. The van der Waals surface area contributed by atoms with Gasteiger partial charge in [0, 0.05) is 31.3 Å². The SMILES string of the molecule is Cc1cc(-c2ccccc2)cc(C)c1-n1cnnc1-c1[c-]ccc2ncoc12.[Ir]. The van der Waals surface area contributed by atoms with Crippen molar-refractivity contribution in [3.63, 3.8) is 0 Å². The van der Waals surface area contributed by atoms with E-state index in [0.29, 0.717) is 11.4 Å². The van der Waals surface area contributed by atoms with Crippen LogP contribution < -0.4 is 0 Å². The summed E-state index contributed by atoms with van der Waals surface area (Å²) in [5.41, 5.74) is 7.92. The Labute approximate surface area is 181 Å². The van der Waals surface area contributed by atoms with Crippen LogP contribution in [-0.2, 0) is 20.1 Å². The molecule has 5 nitrogen and oxygen atoms in total. The summed E-state index contributed by atoms with van der Waals surface area (Å²) in [6.07, 6.45) is 3.17. The summed E-state index contributed by atoms with van der Waals surface area (Å²) in [5, 5.41) is 8.51. The monoisotopic (exact) mass is 558 g/mol. The molecule has 0 aliphatic carbocycles. The molecule has 0 fully saturated rings. The van der Waals surface area contributed by atoms with Crippen LogP contribution in [0, 0.1) is 19.9 Å². The van der Waals surface area contributed by atoms with Crippen LogP contribution >= 0.6 is 0 Å². The van der Waals surface area contributed by atoms with Crippen LogP contribution in [0.2, 0.25) is 0 Å². The molecule has 0 bridgehead atoms. The predicted molar refractivity (Wildman–Crippen MR) is 108 cm³/mol. The van der Waals surface area contributed by atoms with Crippen LogP contribution in [0.25, 0.3) is 39.3 Å². The van der Waals surface area contributed by atoms with Gasteiger partial charge in [-0.3, -0.25) is 0 Å². The van der Waals surface area contributed by atoms with Crippen LogP contribution in [-0.4, -0.2) is 19.7 Å². The molecule has 0 spiro atoms. The maximum absolute atomic E-state index is 5.58. The summed E-state index contributed by atoms with van der Waals surface area (Å²) in [4.78, 5) is 4.23. The van der Waals surface area contributed by atoms with Gasteiger partial charge < -0.3 is 8.98 Å².